The number of nitrogens with zero attached hydrogens (tertiary/aromatic N) is 3. The van der Waals surface area contributed by atoms with Gasteiger partial charge in [0.25, 0.3) is 0 Å². The third-order valence-electron chi connectivity index (χ3n) is 2.33. The molecule has 0 amide bonds. The molecule has 2 rings (SSSR count). The predicted molar refractivity (Wildman–Crippen MR) is 55.9 cm³/mol. The first-order chi connectivity index (χ1) is 7.33. The predicted octanol–water partition coefficient (Wildman–Crippen LogP) is 1.07. The fourth-order valence-electron chi connectivity index (χ4n) is 1.52. The molecule has 15 heavy (non-hydrogen) atoms. The van der Waals surface area contributed by atoms with E-state index in [0.29, 0.717) is 23.7 Å². The molecule has 1 saturated heterocycles. The number of nitriles is 1. The molecule has 1 aliphatic rings. The number of hydroxylamine groups is 1. The van der Waals surface area contributed by atoms with Crippen molar-refractivity contribution in [2.24, 2.45) is 0 Å². The second-order valence-corrected chi connectivity index (χ2v) is 3.35. The average Bonchev–Trinajstić information content (AvgIpc) is 2.30. The van der Waals surface area contributed by atoms with Crippen LogP contribution in [-0.2, 0) is 4.84 Å². The Morgan fingerprint density at radius 3 is 3.07 bits per heavy atom. The molecular weight excluding hydrogens is 192 g/mol. The van der Waals surface area contributed by atoms with E-state index in [1.54, 1.807) is 17.3 Å². The van der Waals surface area contributed by atoms with Crippen LogP contribution in [0.15, 0.2) is 12.3 Å². The maximum Gasteiger partial charge on any atom is 0.177 e. The van der Waals surface area contributed by atoms with Gasteiger partial charge in [-0.15, -0.1) is 0 Å². The van der Waals surface area contributed by atoms with Gasteiger partial charge in [0, 0.05) is 12.7 Å². The second-order valence-electron chi connectivity index (χ2n) is 3.35. The Hall–Kier alpha value is -1.80. The molecule has 0 bridgehead atoms. The Labute approximate surface area is 88.0 Å². The van der Waals surface area contributed by atoms with Gasteiger partial charge in [-0.2, -0.15) is 5.26 Å². The summed E-state index contributed by atoms with van der Waals surface area (Å²) in [6.45, 7) is 1.45. The third-order valence-corrected chi connectivity index (χ3v) is 2.33. The normalized spacial score (nSPS) is 16.1. The number of aromatic nitrogens is 1. The summed E-state index contributed by atoms with van der Waals surface area (Å²) in [7, 11) is 0. The van der Waals surface area contributed by atoms with Crippen LogP contribution >= 0.6 is 0 Å². The van der Waals surface area contributed by atoms with Crippen LogP contribution in [0.3, 0.4) is 0 Å². The molecule has 0 unspecified atom stereocenters. The molecular formula is C10H12N4O. The smallest absolute Gasteiger partial charge is 0.177 e. The minimum atomic E-state index is 0.391. The molecule has 1 aromatic heterocycles. The summed E-state index contributed by atoms with van der Waals surface area (Å²) in [6.07, 6.45) is 3.68. The summed E-state index contributed by atoms with van der Waals surface area (Å²) in [4.78, 5) is 9.56. The monoisotopic (exact) mass is 204 g/mol. The highest BCUT2D eigenvalue weighted by Crippen LogP contribution is 2.25. The van der Waals surface area contributed by atoms with Gasteiger partial charge in [-0.05, 0) is 18.9 Å². The highest BCUT2D eigenvalue weighted by Gasteiger charge is 2.17. The van der Waals surface area contributed by atoms with Gasteiger partial charge >= 0.3 is 0 Å². The van der Waals surface area contributed by atoms with E-state index in [4.69, 9.17) is 15.8 Å². The zero-order valence-electron chi connectivity index (χ0n) is 8.31. The number of hydrogen-bond donors (Lipinski definition) is 1. The number of hydrogen-bond acceptors (Lipinski definition) is 5. The second kappa shape index (κ2) is 4.15. The molecule has 0 atom stereocenters. The van der Waals surface area contributed by atoms with Gasteiger partial charge in [0.1, 0.15) is 6.07 Å². The van der Waals surface area contributed by atoms with Crippen LogP contribution in [0.4, 0.5) is 11.5 Å². The molecule has 5 heteroatoms. The summed E-state index contributed by atoms with van der Waals surface area (Å²) in [5, 5.41) is 10.5. The van der Waals surface area contributed by atoms with E-state index in [0.717, 1.165) is 19.4 Å². The van der Waals surface area contributed by atoms with Crippen LogP contribution in [0.2, 0.25) is 0 Å². The maximum atomic E-state index is 8.82. The van der Waals surface area contributed by atoms with E-state index in [2.05, 4.69) is 4.98 Å². The van der Waals surface area contributed by atoms with E-state index in [1.165, 1.54) is 0 Å². The fourth-order valence-corrected chi connectivity index (χ4v) is 1.52. The highest BCUT2D eigenvalue weighted by atomic mass is 16.7. The Kier molecular flexibility index (Phi) is 2.70. The summed E-state index contributed by atoms with van der Waals surface area (Å²) in [6, 6.07) is 3.63. The Morgan fingerprint density at radius 2 is 2.40 bits per heavy atom. The Balaban J connectivity index is 2.31. The molecule has 1 aromatic rings. The van der Waals surface area contributed by atoms with Crippen molar-refractivity contribution in [2.45, 2.75) is 12.8 Å². The van der Waals surface area contributed by atoms with Crippen molar-refractivity contribution in [1.82, 2.24) is 4.98 Å². The number of rotatable bonds is 1. The quantitative estimate of drug-likeness (QED) is 0.740. The lowest BCUT2D eigenvalue weighted by molar-refractivity contribution is 0.0764. The topological polar surface area (TPSA) is 75.2 Å². The lowest BCUT2D eigenvalue weighted by atomic mass is 10.2. The van der Waals surface area contributed by atoms with Crippen LogP contribution in [0.25, 0.3) is 0 Å². The summed E-state index contributed by atoms with van der Waals surface area (Å²) < 4.78 is 0. The number of pyridine rings is 1. The zero-order chi connectivity index (χ0) is 10.7. The van der Waals surface area contributed by atoms with Gasteiger partial charge in [0.15, 0.2) is 5.82 Å². The van der Waals surface area contributed by atoms with Crippen molar-refractivity contribution in [1.29, 1.82) is 5.26 Å². The van der Waals surface area contributed by atoms with Crippen molar-refractivity contribution in [3.05, 3.63) is 17.8 Å². The van der Waals surface area contributed by atoms with Crippen LogP contribution in [-0.4, -0.2) is 18.1 Å². The SMILES string of the molecule is N#Cc1ccnc(N2CCCCO2)c1N. The lowest BCUT2D eigenvalue weighted by Gasteiger charge is -2.27. The molecule has 0 radical (unpaired) electrons. The van der Waals surface area contributed by atoms with E-state index in [-0.39, 0.29) is 0 Å². The van der Waals surface area contributed by atoms with Crippen molar-refractivity contribution < 1.29 is 4.84 Å². The standard InChI is InChI=1S/C10H12N4O/c11-7-8-3-4-13-10(9(8)12)14-5-1-2-6-15-14/h3-4H,1-2,5-6,12H2. The number of nitrogens with two attached hydrogens (primary N) is 1. The van der Waals surface area contributed by atoms with E-state index < -0.39 is 0 Å². The van der Waals surface area contributed by atoms with E-state index in [9.17, 15) is 0 Å². The summed E-state index contributed by atoms with van der Waals surface area (Å²) >= 11 is 0. The molecule has 0 spiro atoms. The van der Waals surface area contributed by atoms with Crippen LogP contribution in [0.5, 0.6) is 0 Å². The van der Waals surface area contributed by atoms with Gasteiger partial charge in [-0.3, -0.25) is 4.84 Å². The highest BCUT2D eigenvalue weighted by molar-refractivity contribution is 5.69. The van der Waals surface area contributed by atoms with E-state index in [1.807, 2.05) is 6.07 Å². The van der Waals surface area contributed by atoms with Crippen LogP contribution < -0.4 is 10.8 Å². The largest absolute Gasteiger partial charge is 0.395 e. The molecule has 1 aliphatic heterocycles. The molecule has 2 N–H and O–H groups in total. The molecule has 1 fully saturated rings. The first-order valence-electron chi connectivity index (χ1n) is 4.88. The molecule has 0 saturated carbocycles. The molecule has 5 nitrogen and oxygen atoms in total. The fraction of sp³-hybridized carbons (Fsp3) is 0.400. The lowest BCUT2D eigenvalue weighted by Crippen LogP contribution is -2.31. The van der Waals surface area contributed by atoms with Crippen molar-refractivity contribution in [3.8, 4) is 6.07 Å². The molecule has 2 heterocycles. The third kappa shape index (κ3) is 1.85. The molecule has 78 valence electrons. The van der Waals surface area contributed by atoms with Gasteiger partial charge < -0.3 is 5.73 Å². The van der Waals surface area contributed by atoms with Crippen LogP contribution in [0.1, 0.15) is 18.4 Å². The number of anilines is 2. The van der Waals surface area contributed by atoms with Gasteiger partial charge in [0.2, 0.25) is 0 Å². The number of nitrogen functional groups attached to an aromatic ring is 1. The van der Waals surface area contributed by atoms with Crippen LogP contribution in [0, 0.1) is 11.3 Å². The minimum Gasteiger partial charge on any atom is -0.395 e. The minimum absolute atomic E-state index is 0.391. The van der Waals surface area contributed by atoms with Gasteiger partial charge in [-0.25, -0.2) is 10.0 Å². The van der Waals surface area contributed by atoms with Crippen molar-refractivity contribution in [2.75, 3.05) is 23.9 Å². The summed E-state index contributed by atoms with van der Waals surface area (Å²) in [5.41, 5.74) is 6.65. The maximum absolute atomic E-state index is 8.82. The first-order valence-corrected chi connectivity index (χ1v) is 4.88. The first kappa shape index (κ1) is 9.74. The van der Waals surface area contributed by atoms with Gasteiger partial charge in [0.05, 0.1) is 17.9 Å². The molecule has 0 aliphatic carbocycles. The average molecular weight is 204 g/mol. The van der Waals surface area contributed by atoms with Gasteiger partial charge in [-0.1, -0.05) is 0 Å². The Bertz CT molecular complexity index is 393. The Morgan fingerprint density at radius 1 is 1.53 bits per heavy atom. The molecule has 0 aromatic carbocycles. The zero-order valence-corrected chi connectivity index (χ0v) is 8.31. The van der Waals surface area contributed by atoms with E-state index >= 15 is 0 Å². The summed E-state index contributed by atoms with van der Waals surface area (Å²) in [5.74, 6) is 0.550. The van der Waals surface area contributed by atoms with Crippen molar-refractivity contribution in [3.63, 3.8) is 0 Å². The van der Waals surface area contributed by atoms with Crippen molar-refractivity contribution >= 4 is 11.5 Å².